The van der Waals surface area contributed by atoms with Crippen LogP contribution in [0.3, 0.4) is 0 Å². The van der Waals surface area contributed by atoms with E-state index in [-0.39, 0.29) is 0 Å². The molecule has 2 saturated carbocycles. The van der Waals surface area contributed by atoms with Gasteiger partial charge in [0.25, 0.3) is 0 Å². The molecule has 0 aromatic heterocycles. The monoisotopic (exact) mass is 236 g/mol. The molecular formula is C13H24N4. The molecular weight excluding hydrogens is 212 g/mol. The van der Waals surface area contributed by atoms with Crippen molar-refractivity contribution in [2.24, 2.45) is 10.9 Å². The second kappa shape index (κ2) is 4.48. The molecule has 1 aliphatic heterocycles. The van der Waals surface area contributed by atoms with E-state index in [0.717, 1.165) is 17.9 Å². The lowest BCUT2D eigenvalue weighted by Crippen LogP contribution is -2.45. The van der Waals surface area contributed by atoms with Crippen molar-refractivity contribution in [3.8, 4) is 0 Å². The van der Waals surface area contributed by atoms with Crippen molar-refractivity contribution >= 4 is 5.96 Å². The van der Waals surface area contributed by atoms with Gasteiger partial charge in [0.2, 0.25) is 0 Å². The van der Waals surface area contributed by atoms with E-state index in [0.29, 0.717) is 12.1 Å². The van der Waals surface area contributed by atoms with Crippen LogP contribution in [-0.2, 0) is 0 Å². The largest absolute Gasteiger partial charge is 0.353 e. The summed E-state index contributed by atoms with van der Waals surface area (Å²) in [6, 6.07) is 2.15. The number of guanidine groups is 1. The zero-order valence-electron chi connectivity index (χ0n) is 10.9. The number of hydrogen-bond acceptors (Lipinski definition) is 2. The summed E-state index contributed by atoms with van der Waals surface area (Å²) >= 11 is 0. The fourth-order valence-electron chi connectivity index (χ4n) is 2.74. The second-order valence-corrected chi connectivity index (χ2v) is 5.89. The summed E-state index contributed by atoms with van der Waals surface area (Å²) in [4.78, 5) is 6.96. The molecule has 4 heteroatoms. The first-order valence-corrected chi connectivity index (χ1v) is 7.00. The van der Waals surface area contributed by atoms with Crippen LogP contribution in [0.5, 0.6) is 0 Å². The topological polar surface area (TPSA) is 39.7 Å². The fraction of sp³-hybridized carbons (Fsp3) is 0.923. The third kappa shape index (κ3) is 2.73. The summed E-state index contributed by atoms with van der Waals surface area (Å²) in [6.07, 6.45) is 5.38. The first-order chi connectivity index (χ1) is 8.26. The molecule has 1 heterocycles. The minimum atomic E-state index is 0.593. The highest BCUT2D eigenvalue weighted by molar-refractivity contribution is 5.80. The minimum Gasteiger partial charge on any atom is -0.353 e. The van der Waals surface area contributed by atoms with E-state index < -0.39 is 0 Å². The molecule has 1 saturated heterocycles. The maximum atomic E-state index is 4.33. The van der Waals surface area contributed by atoms with Crippen LogP contribution >= 0.6 is 0 Å². The van der Waals surface area contributed by atoms with Crippen LogP contribution in [0.4, 0.5) is 0 Å². The average Bonchev–Trinajstić information content (AvgIpc) is 3.22. The van der Waals surface area contributed by atoms with E-state index >= 15 is 0 Å². The lowest BCUT2D eigenvalue weighted by Gasteiger charge is -2.18. The molecule has 96 valence electrons. The van der Waals surface area contributed by atoms with Crippen LogP contribution in [0, 0.1) is 5.92 Å². The van der Waals surface area contributed by atoms with E-state index in [1.807, 2.05) is 7.05 Å². The highest BCUT2D eigenvalue weighted by Gasteiger charge is 2.36. The van der Waals surface area contributed by atoms with Gasteiger partial charge in [0.05, 0.1) is 0 Å². The van der Waals surface area contributed by atoms with Gasteiger partial charge in [-0.3, -0.25) is 9.89 Å². The summed E-state index contributed by atoms with van der Waals surface area (Å²) in [5.41, 5.74) is 0. The molecule has 0 spiro atoms. The number of nitrogens with zero attached hydrogens (tertiary/aromatic N) is 2. The van der Waals surface area contributed by atoms with Crippen LogP contribution < -0.4 is 10.6 Å². The molecule has 3 rings (SSSR count). The molecule has 2 N–H and O–H groups in total. The SMILES string of the molecule is CN=C(NC1CCN(C2CC2)C1)NC1CC1C. The molecule has 3 aliphatic rings. The maximum absolute atomic E-state index is 4.33. The quantitative estimate of drug-likeness (QED) is 0.562. The highest BCUT2D eigenvalue weighted by atomic mass is 15.3. The molecule has 4 nitrogen and oxygen atoms in total. The Kier molecular flexibility index (Phi) is 2.99. The second-order valence-electron chi connectivity index (χ2n) is 5.89. The molecule has 0 aromatic rings. The first-order valence-electron chi connectivity index (χ1n) is 7.00. The van der Waals surface area contributed by atoms with Gasteiger partial charge in [0, 0.05) is 38.3 Å². The normalized spacial score (nSPS) is 38.2. The van der Waals surface area contributed by atoms with Crippen LogP contribution in [-0.4, -0.2) is 49.1 Å². The Morgan fingerprint density at radius 1 is 1.24 bits per heavy atom. The third-order valence-electron chi connectivity index (χ3n) is 4.28. The van der Waals surface area contributed by atoms with Gasteiger partial charge in [-0.15, -0.1) is 0 Å². The molecule has 0 amide bonds. The van der Waals surface area contributed by atoms with E-state index in [1.54, 1.807) is 0 Å². The Hall–Kier alpha value is -0.770. The summed E-state index contributed by atoms with van der Waals surface area (Å²) in [5, 5.41) is 7.06. The summed E-state index contributed by atoms with van der Waals surface area (Å²) < 4.78 is 0. The van der Waals surface area contributed by atoms with Crippen molar-refractivity contribution in [2.45, 2.75) is 50.7 Å². The molecule has 2 aliphatic carbocycles. The van der Waals surface area contributed by atoms with Crippen LogP contribution in [0.2, 0.25) is 0 Å². The summed E-state index contributed by atoms with van der Waals surface area (Å²) in [7, 11) is 1.87. The zero-order chi connectivity index (χ0) is 11.8. The van der Waals surface area contributed by atoms with Crippen LogP contribution in [0.15, 0.2) is 4.99 Å². The number of nitrogens with one attached hydrogen (secondary N) is 2. The maximum Gasteiger partial charge on any atom is 0.191 e. The van der Waals surface area contributed by atoms with E-state index in [4.69, 9.17) is 0 Å². The van der Waals surface area contributed by atoms with Gasteiger partial charge in [0.15, 0.2) is 5.96 Å². The zero-order valence-corrected chi connectivity index (χ0v) is 10.9. The van der Waals surface area contributed by atoms with Crippen LogP contribution in [0.1, 0.15) is 32.6 Å². The van der Waals surface area contributed by atoms with Gasteiger partial charge >= 0.3 is 0 Å². The van der Waals surface area contributed by atoms with Gasteiger partial charge in [-0.1, -0.05) is 6.92 Å². The lowest BCUT2D eigenvalue weighted by atomic mass is 10.3. The van der Waals surface area contributed by atoms with Gasteiger partial charge < -0.3 is 10.6 Å². The number of rotatable bonds is 3. The van der Waals surface area contributed by atoms with Gasteiger partial charge in [-0.25, -0.2) is 0 Å². The standard InChI is InChI=1S/C13H24N4/c1-9-7-12(9)16-13(14-2)15-10-5-6-17(8-10)11-3-4-11/h9-12H,3-8H2,1-2H3,(H2,14,15,16). The fourth-order valence-corrected chi connectivity index (χ4v) is 2.74. The molecule has 17 heavy (non-hydrogen) atoms. The predicted molar refractivity (Wildman–Crippen MR) is 70.2 cm³/mol. The Labute approximate surface area is 104 Å². The molecule has 3 unspecified atom stereocenters. The van der Waals surface area contributed by atoms with Crippen molar-refractivity contribution in [3.63, 3.8) is 0 Å². The highest BCUT2D eigenvalue weighted by Crippen LogP contribution is 2.30. The van der Waals surface area contributed by atoms with Crippen molar-refractivity contribution in [2.75, 3.05) is 20.1 Å². The van der Waals surface area contributed by atoms with E-state index in [2.05, 4.69) is 27.4 Å². The molecule has 3 fully saturated rings. The number of likely N-dealkylation sites (tertiary alicyclic amines) is 1. The first kappa shape index (κ1) is 11.3. The van der Waals surface area contributed by atoms with Crippen molar-refractivity contribution in [3.05, 3.63) is 0 Å². The van der Waals surface area contributed by atoms with Crippen LogP contribution in [0.25, 0.3) is 0 Å². The Balaban J connectivity index is 1.45. The van der Waals surface area contributed by atoms with Crippen molar-refractivity contribution < 1.29 is 0 Å². The minimum absolute atomic E-state index is 0.593. The Morgan fingerprint density at radius 2 is 2.00 bits per heavy atom. The predicted octanol–water partition coefficient (Wildman–Crippen LogP) is 0.796. The summed E-state index contributed by atoms with van der Waals surface area (Å²) in [6.45, 7) is 4.75. The summed E-state index contributed by atoms with van der Waals surface area (Å²) in [5.74, 6) is 1.82. The van der Waals surface area contributed by atoms with E-state index in [1.165, 1.54) is 38.8 Å². The smallest absolute Gasteiger partial charge is 0.191 e. The number of hydrogen-bond donors (Lipinski definition) is 2. The molecule has 0 bridgehead atoms. The molecule has 0 aromatic carbocycles. The Morgan fingerprint density at radius 3 is 2.59 bits per heavy atom. The third-order valence-corrected chi connectivity index (χ3v) is 4.28. The molecule has 3 atom stereocenters. The van der Waals surface area contributed by atoms with Gasteiger partial charge in [-0.05, 0) is 31.6 Å². The van der Waals surface area contributed by atoms with Crippen molar-refractivity contribution in [1.82, 2.24) is 15.5 Å². The average molecular weight is 236 g/mol. The Bertz CT molecular complexity index is 311. The molecule has 0 radical (unpaired) electrons. The lowest BCUT2D eigenvalue weighted by molar-refractivity contribution is 0.321. The van der Waals surface area contributed by atoms with E-state index in [9.17, 15) is 0 Å². The van der Waals surface area contributed by atoms with Crippen molar-refractivity contribution in [1.29, 1.82) is 0 Å². The van der Waals surface area contributed by atoms with Gasteiger partial charge in [-0.2, -0.15) is 0 Å². The number of aliphatic imine (C=N–C) groups is 1. The van der Waals surface area contributed by atoms with Gasteiger partial charge in [0.1, 0.15) is 0 Å².